The van der Waals surface area contributed by atoms with E-state index in [1.807, 2.05) is 65.8 Å². The van der Waals surface area contributed by atoms with Gasteiger partial charge in [0.15, 0.2) is 0 Å². The van der Waals surface area contributed by atoms with Crippen LogP contribution in [0, 0.1) is 69.1 Å². The average molecular weight is 1790 g/mol. The van der Waals surface area contributed by atoms with E-state index in [1.165, 1.54) is 217 Å². The molecular weight excluding hydrogens is 1660 g/mol. The SMILES string of the molecule is Cc1cccc2c1N1C(C)c3c(oc4ncccc34)C1(C)C(C)(C)C2(C)C.Cc1cccc2c1N1C(C)c3c(oc4ncccc34)C1(C)C(C)(C)C2(C)C.Cc1ccccc1N1C(C)c2c(oc3ncccc23)C12C1CC3CC(C1)CC2C3.Cc1ccccc1N1C(C)c2c(sc3cccnc23)C12CCCC2.Cc1ccccc1N1C(C)c2c(sc3cccnc23)C12CCCCC2. The van der Waals surface area contributed by atoms with Crippen molar-refractivity contribution in [1.82, 2.24) is 24.9 Å². The number of aryl methyl sites for hydroxylation is 5. The van der Waals surface area contributed by atoms with Gasteiger partial charge in [-0.1, -0.05) is 178 Å². The molecule has 0 saturated heterocycles. The van der Waals surface area contributed by atoms with Crippen molar-refractivity contribution in [2.75, 3.05) is 24.5 Å². The number of anilines is 5. The third-order valence-corrected chi connectivity index (χ3v) is 40.1. The molecule has 3 spiro atoms. The summed E-state index contributed by atoms with van der Waals surface area (Å²) in [6, 6.07) is 63.1. The third kappa shape index (κ3) is 11.3. The number of nitrogens with zero attached hydrogens (tertiary/aromatic N) is 10. The zero-order chi connectivity index (χ0) is 91.4. The van der Waals surface area contributed by atoms with E-state index in [-0.39, 0.29) is 61.4 Å². The normalized spacial score (nSPS) is 27.4. The van der Waals surface area contributed by atoms with Gasteiger partial charge in [0.2, 0.25) is 17.1 Å². The highest BCUT2D eigenvalue weighted by Gasteiger charge is 2.70. The Bertz CT molecular complexity index is 6920. The summed E-state index contributed by atoms with van der Waals surface area (Å²) in [5.41, 5.74) is 28.2. The molecule has 678 valence electrons. The molecule has 5 aromatic carbocycles. The maximum Gasteiger partial charge on any atom is 0.226 e. The van der Waals surface area contributed by atoms with Gasteiger partial charge in [-0.2, -0.15) is 0 Å². The van der Waals surface area contributed by atoms with Crippen molar-refractivity contribution in [3.05, 3.63) is 295 Å². The first-order valence-electron chi connectivity index (χ1n) is 49.6. The Labute approximate surface area is 788 Å². The molecule has 132 heavy (non-hydrogen) atoms. The first-order chi connectivity index (χ1) is 63.4. The molecular formula is C117H130N10O3S2. The van der Waals surface area contributed by atoms with Gasteiger partial charge in [-0.15, -0.1) is 22.7 Å². The van der Waals surface area contributed by atoms with Crippen molar-refractivity contribution in [3.63, 3.8) is 0 Å². The fourth-order valence-corrected chi connectivity index (χ4v) is 32.8. The summed E-state index contributed by atoms with van der Waals surface area (Å²) in [6.45, 7) is 46.9. The van der Waals surface area contributed by atoms with Crippen LogP contribution in [0.15, 0.2) is 214 Å². The molecule has 0 radical (unpaired) electrons. The lowest BCUT2D eigenvalue weighted by atomic mass is 9.48. The molecule has 13 aliphatic rings. The molecule has 13 nitrogen and oxygen atoms in total. The van der Waals surface area contributed by atoms with E-state index < -0.39 is 0 Å². The Balaban J connectivity index is 0.0000000937. The Morgan fingerprint density at radius 1 is 0.318 bits per heavy atom. The van der Waals surface area contributed by atoms with Crippen LogP contribution in [0.2, 0.25) is 0 Å². The van der Waals surface area contributed by atoms with Crippen LogP contribution in [0.25, 0.3) is 53.7 Å². The maximum atomic E-state index is 6.70. The summed E-state index contributed by atoms with van der Waals surface area (Å²) in [5, 5.41) is 3.53. The predicted octanol–water partition coefficient (Wildman–Crippen LogP) is 31.2. The molecule has 0 N–H and O–H groups in total. The lowest BCUT2D eigenvalue weighted by Gasteiger charge is -2.63. The number of para-hydroxylation sites is 5. The zero-order valence-corrected chi connectivity index (χ0v) is 82.8. The van der Waals surface area contributed by atoms with E-state index in [0.717, 1.165) is 51.3 Å². The minimum Gasteiger partial charge on any atom is -0.440 e. The number of hydrogen-bond acceptors (Lipinski definition) is 15. The topological polar surface area (TPSA) is 120 Å². The van der Waals surface area contributed by atoms with Gasteiger partial charge in [0, 0.05) is 124 Å². The Morgan fingerprint density at radius 3 is 1.04 bits per heavy atom. The van der Waals surface area contributed by atoms with Crippen molar-refractivity contribution < 1.29 is 13.3 Å². The predicted molar refractivity (Wildman–Crippen MR) is 544 cm³/mol. The molecule has 7 aliphatic heterocycles. The van der Waals surface area contributed by atoms with Crippen molar-refractivity contribution in [2.24, 2.45) is 34.5 Å². The Hall–Kier alpha value is -10.6. The minimum atomic E-state index is -0.245. The minimum absolute atomic E-state index is 0.00661. The van der Waals surface area contributed by atoms with E-state index in [4.69, 9.17) is 23.2 Å². The zero-order valence-electron chi connectivity index (χ0n) is 81.2. The van der Waals surface area contributed by atoms with Gasteiger partial charge in [-0.05, 0) is 293 Å². The number of pyridine rings is 5. The van der Waals surface area contributed by atoms with Crippen LogP contribution in [0.5, 0.6) is 0 Å². The second kappa shape index (κ2) is 30.2. The Morgan fingerprint density at radius 2 is 0.644 bits per heavy atom. The monoisotopic (exact) mass is 1790 g/mol. The quantitative estimate of drug-likeness (QED) is 0.167. The smallest absolute Gasteiger partial charge is 0.226 e. The maximum absolute atomic E-state index is 6.70. The molecule has 6 fully saturated rings. The summed E-state index contributed by atoms with van der Waals surface area (Å²) in [6.07, 6.45) is 28.1. The number of benzene rings is 5. The summed E-state index contributed by atoms with van der Waals surface area (Å²) in [5.74, 6) is 6.71. The van der Waals surface area contributed by atoms with Crippen LogP contribution in [0.4, 0.5) is 28.4 Å². The van der Waals surface area contributed by atoms with Crippen LogP contribution in [0.3, 0.4) is 0 Å². The number of rotatable bonds is 3. The molecule has 10 aromatic heterocycles. The van der Waals surface area contributed by atoms with E-state index in [9.17, 15) is 0 Å². The highest BCUT2D eigenvalue weighted by molar-refractivity contribution is 7.19. The lowest BCUT2D eigenvalue weighted by Crippen LogP contribution is -2.62. The van der Waals surface area contributed by atoms with Gasteiger partial charge >= 0.3 is 0 Å². The van der Waals surface area contributed by atoms with Gasteiger partial charge in [-0.25, -0.2) is 15.0 Å². The largest absolute Gasteiger partial charge is 0.440 e. The van der Waals surface area contributed by atoms with Gasteiger partial charge in [0.1, 0.15) is 33.9 Å². The molecule has 7 unspecified atom stereocenters. The summed E-state index contributed by atoms with van der Waals surface area (Å²) in [7, 11) is 0. The van der Waals surface area contributed by atoms with Gasteiger partial charge in [0.25, 0.3) is 0 Å². The standard InChI is InChI=1S/C26H28N2O.2C24H28N2O.C22H24N2S.C21H22N2S/c1-15-6-3-4-8-22(15)28-16(2)23-21-7-5-9-27-25(21)29-24(23)26(28)19-11-17-10-18(13-19)14-20(26)12-17;2*1-14-10-8-12-17-19(14)26-15(2)18-16-11-9-13-25-21(16)27-20(18)24(26,7)23(5,6)22(17,3)4;1-15-9-4-5-10-17(15)24-16(2)19-20-18(11-8-14-23-20)25-21(19)22(24)12-6-3-7-13-22;1-14-8-3-4-9-16(14)23-15(2)18-19-17(10-7-13-22-19)24-20(18)21(23)11-5-6-12-21/h3-9,16-20H,10-14H2,1-2H3;2*8-13,15H,1-7H3;4-5,8-11,14,16H,3,6-7,12-13H2,1-2H3;3-4,7-10,13,15H,5-6,11-12H2,1-2H3. The fraction of sp³-hybridized carbons (Fsp3) is 0.444. The van der Waals surface area contributed by atoms with Crippen LogP contribution in [0.1, 0.15) is 318 Å². The highest BCUT2D eigenvalue weighted by Crippen LogP contribution is 2.74. The first-order valence-corrected chi connectivity index (χ1v) is 51.3. The molecule has 28 rings (SSSR count). The number of furan rings is 3. The number of thiophene rings is 2. The lowest BCUT2D eigenvalue weighted by molar-refractivity contribution is -0.0679. The average Bonchev–Trinajstić information content (AvgIpc) is 1.67. The van der Waals surface area contributed by atoms with Crippen molar-refractivity contribution in [2.45, 2.75) is 297 Å². The molecule has 15 heteroatoms. The number of aromatic nitrogens is 5. The fourth-order valence-electron chi connectivity index (χ4n) is 29.9. The van der Waals surface area contributed by atoms with Crippen LogP contribution in [-0.2, 0) is 38.5 Å². The second-order valence-electron chi connectivity index (χ2n) is 44.1. The number of fused-ring (bicyclic) bond motifs is 25. The molecule has 7 atom stereocenters. The van der Waals surface area contributed by atoms with E-state index in [2.05, 4.69) is 336 Å². The molecule has 0 amide bonds. The molecule has 17 heterocycles. The second-order valence-corrected chi connectivity index (χ2v) is 46.2. The molecule has 6 aliphatic carbocycles. The van der Waals surface area contributed by atoms with Crippen molar-refractivity contribution >= 4 is 105 Å². The third-order valence-electron chi connectivity index (χ3n) is 37.4. The molecule has 4 bridgehead atoms. The molecule has 15 aromatic rings. The molecule has 6 saturated carbocycles. The van der Waals surface area contributed by atoms with E-state index in [0.29, 0.717) is 30.0 Å². The summed E-state index contributed by atoms with van der Waals surface area (Å²) < 4.78 is 22.4. The Kier molecular flexibility index (Phi) is 19.6. The van der Waals surface area contributed by atoms with Gasteiger partial charge in [-0.3, -0.25) is 9.97 Å². The van der Waals surface area contributed by atoms with Crippen molar-refractivity contribution in [3.8, 4) is 0 Å². The van der Waals surface area contributed by atoms with Crippen LogP contribution < -0.4 is 24.5 Å². The first kappa shape index (κ1) is 85.6. The van der Waals surface area contributed by atoms with Gasteiger partial charge in [0.05, 0.1) is 61.7 Å². The van der Waals surface area contributed by atoms with Crippen LogP contribution >= 0.6 is 22.7 Å². The van der Waals surface area contributed by atoms with Crippen molar-refractivity contribution in [1.29, 1.82) is 0 Å². The van der Waals surface area contributed by atoms with Crippen LogP contribution in [-0.4, -0.2) is 24.9 Å². The highest BCUT2D eigenvalue weighted by atomic mass is 32.1. The summed E-state index contributed by atoms with van der Waals surface area (Å²) in [4.78, 5) is 39.9. The number of hydrogen-bond donors (Lipinski definition) is 0. The summed E-state index contributed by atoms with van der Waals surface area (Å²) >= 11 is 3.98. The van der Waals surface area contributed by atoms with Gasteiger partial charge < -0.3 is 37.8 Å². The van der Waals surface area contributed by atoms with E-state index >= 15 is 0 Å². The van der Waals surface area contributed by atoms with E-state index in [1.54, 1.807) is 9.75 Å².